The highest BCUT2D eigenvalue weighted by Gasteiger charge is 2.32. The summed E-state index contributed by atoms with van der Waals surface area (Å²) in [5, 5.41) is 3.06. The van der Waals surface area contributed by atoms with Crippen molar-refractivity contribution < 1.29 is 9.53 Å². The van der Waals surface area contributed by atoms with Crippen molar-refractivity contribution in [2.24, 2.45) is 5.92 Å². The van der Waals surface area contributed by atoms with Crippen molar-refractivity contribution in [3.8, 4) is 0 Å². The Hall–Kier alpha value is -0.220. The zero-order valence-electron chi connectivity index (χ0n) is 11.1. The molecule has 0 rings (SSSR count). The van der Waals surface area contributed by atoms with Gasteiger partial charge in [-0.05, 0) is 32.6 Å². The van der Waals surface area contributed by atoms with Gasteiger partial charge in [-0.25, -0.2) is 0 Å². The van der Waals surface area contributed by atoms with Gasteiger partial charge in [0.1, 0.15) is 5.54 Å². The van der Waals surface area contributed by atoms with Crippen molar-refractivity contribution in [1.82, 2.24) is 5.32 Å². The predicted molar refractivity (Wildman–Crippen MR) is 70.9 cm³/mol. The van der Waals surface area contributed by atoms with Gasteiger partial charge in [-0.2, -0.15) is 11.8 Å². The molecule has 3 nitrogen and oxygen atoms in total. The van der Waals surface area contributed by atoms with Crippen LogP contribution in [0.15, 0.2) is 0 Å². The molecule has 0 aromatic rings. The number of carbonyl (C=O) groups is 1. The van der Waals surface area contributed by atoms with Gasteiger partial charge >= 0.3 is 5.97 Å². The second-order valence-electron chi connectivity index (χ2n) is 4.33. The quantitative estimate of drug-likeness (QED) is 0.668. The first-order valence-corrected chi connectivity index (χ1v) is 7.09. The fourth-order valence-corrected chi connectivity index (χ4v) is 2.53. The molecular weight excluding hydrogens is 222 g/mol. The highest BCUT2D eigenvalue weighted by molar-refractivity contribution is 7.99. The highest BCUT2D eigenvalue weighted by atomic mass is 32.2. The van der Waals surface area contributed by atoms with Gasteiger partial charge in [0.2, 0.25) is 0 Å². The molecule has 2 atom stereocenters. The Morgan fingerprint density at radius 2 is 2.12 bits per heavy atom. The molecule has 0 bridgehead atoms. The summed E-state index contributed by atoms with van der Waals surface area (Å²) in [5.41, 5.74) is -0.561. The number of hydrogen-bond acceptors (Lipinski definition) is 4. The number of carbonyl (C=O) groups excluding carboxylic acids is 1. The molecule has 0 aromatic heterocycles. The third-order valence-electron chi connectivity index (χ3n) is 2.77. The smallest absolute Gasteiger partial charge is 0.326 e. The first-order chi connectivity index (χ1) is 7.50. The molecule has 96 valence electrons. The van der Waals surface area contributed by atoms with Gasteiger partial charge in [0, 0.05) is 5.75 Å². The molecule has 0 aliphatic carbocycles. The van der Waals surface area contributed by atoms with Crippen LogP contribution in [0.4, 0.5) is 0 Å². The van der Waals surface area contributed by atoms with Crippen molar-refractivity contribution >= 4 is 17.7 Å². The van der Waals surface area contributed by atoms with Gasteiger partial charge in [0.05, 0.1) is 6.61 Å². The summed E-state index contributed by atoms with van der Waals surface area (Å²) in [4.78, 5) is 11.7. The average molecular weight is 247 g/mol. The van der Waals surface area contributed by atoms with E-state index in [0.29, 0.717) is 12.5 Å². The molecule has 0 amide bonds. The number of esters is 1. The predicted octanol–water partition coefficient (Wildman–Crippen LogP) is 2.31. The topological polar surface area (TPSA) is 38.3 Å². The standard InChI is InChI=1S/C12H25NO2S/c1-6-10(3)8-16-9-12(4,13-5)11(14)15-7-2/h10,13H,6-9H2,1-5H3. The zero-order valence-corrected chi connectivity index (χ0v) is 11.9. The minimum atomic E-state index is -0.561. The summed E-state index contributed by atoms with van der Waals surface area (Å²) in [6.07, 6.45) is 1.18. The first kappa shape index (κ1) is 15.8. The van der Waals surface area contributed by atoms with E-state index in [-0.39, 0.29) is 5.97 Å². The van der Waals surface area contributed by atoms with Crippen molar-refractivity contribution in [2.75, 3.05) is 25.2 Å². The lowest BCUT2D eigenvalue weighted by atomic mass is 10.1. The van der Waals surface area contributed by atoms with Gasteiger partial charge < -0.3 is 10.1 Å². The summed E-state index contributed by atoms with van der Waals surface area (Å²) < 4.78 is 5.07. The van der Waals surface area contributed by atoms with E-state index in [9.17, 15) is 4.79 Å². The van der Waals surface area contributed by atoms with Gasteiger partial charge in [0.15, 0.2) is 0 Å². The molecule has 0 heterocycles. The van der Waals surface area contributed by atoms with Crippen LogP contribution in [0, 0.1) is 5.92 Å². The minimum absolute atomic E-state index is 0.158. The second kappa shape index (κ2) is 7.96. The first-order valence-electron chi connectivity index (χ1n) is 5.94. The number of hydrogen-bond donors (Lipinski definition) is 1. The van der Waals surface area contributed by atoms with E-state index in [4.69, 9.17) is 4.74 Å². The van der Waals surface area contributed by atoms with Gasteiger partial charge in [-0.3, -0.25) is 4.79 Å². The van der Waals surface area contributed by atoms with E-state index in [1.807, 2.05) is 25.6 Å². The molecule has 0 aliphatic heterocycles. The lowest BCUT2D eigenvalue weighted by Gasteiger charge is -2.26. The zero-order chi connectivity index (χ0) is 12.6. The fraction of sp³-hybridized carbons (Fsp3) is 0.917. The van der Waals surface area contributed by atoms with Crippen LogP contribution in [0.2, 0.25) is 0 Å². The van der Waals surface area contributed by atoms with Crippen molar-refractivity contribution in [3.05, 3.63) is 0 Å². The molecule has 0 fully saturated rings. The van der Waals surface area contributed by atoms with Crippen LogP contribution in [0.3, 0.4) is 0 Å². The minimum Gasteiger partial charge on any atom is -0.465 e. The monoisotopic (exact) mass is 247 g/mol. The maximum atomic E-state index is 11.7. The SMILES string of the molecule is CCOC(=O)C(C)(CSCC(C)CC)NC. The third-order valence-corrected chi connectivity index (χ3v) is 4.35. The Balaban J connectivity index is 4.11. The van der Waals surface area contributed by atoms with Crippen LogP contribution in [0.1, 0.15) is 34.1 Å². The van der Waals surface area contributed by atoms with Crippen LogP contribution in [-0.4, -0.2) is 36.7 Å². The van der Waals surface area contributed by atoms with Gasteiger partial charge in [0.25, 0.3) is 0 Å². The van der Waals surface area contributed by atoms with Gasteiger partial charge in [-0.15, -0.1) is 0 Å². The van der Waals surface area contributed by atoms with Gasteiger partial charge in [-0.1, -0.05) is 20.3 Å². The van der Waals surface area contributed by atoms with Crippen LogP contribution in [-0.2, 0) is 9.53 Å². The molecule has 0 spiro atoms. The molecule has 0 aliphatic rings. The Kier molecular flexibility index (Phi) is 7.85. The Morgan fingerprint density at radius 1 is 1.50 bits per heavy atom. The number of rotatable bonds is 8. The molecule has 0 saturated carbocycles. The van der Waals surface area contributed by atoms with E-state index >= 15 is 0 Å². The fourth-order valence-electron chi connectivity index (χ4n) is 1.11. The summed E-state index contributed by atoms with van der Waals surface area (Å²) >= 11 is 1.81. The summed E-state index contributed by atoms with van der Waals surface area (Å²) in [5.74, 6) is 2.39. The Labute approximate surface area is 104 Å². The lowest BCUT2D eigenvalue weighted by molar-refractivity contribution is -0.149. The second-order valence-corrected chi connectivity index (χ2v) is 5.36. The number of ether oxygens (including phenoxy) is 1. The van der Waals surface area contributed by atoms with E-state index in [1.54, 1.807) is 7.05 Å². The lowest BCUT2D eigenvalue weighted by Crippen LogP contribution is -2.51. The molecule has 0 aromatic carbocycles. The molecular formula is C12H25NO2S. The molecule has 0 saturated heterocycles. The van der Waals surface area contributed by atoms with E-state index < -0.39 is 5.54 Å². The largest absolute Gasteiger partial charge is 0.465 e. The third kappa shape index (κ3) is 5.21. The average Bonchev–Trinajstić information content (AvgIpc) is 2.28. The van der Waals surface area contributed by atoms with Crippen molar-refractivity contribution in [2.45, 2.75) is 39.7 Å². The number of thioether (sulfide) groups is 1. The molecule has 2 unspecified atom stereocenters. The molecule has 0 radical (unpaired) electrons. The normalized spacial score (nSPS) is 16.6. The molecule has 16 heavy (non-hydrogen) atoms. The maximum absolute atomic E-state index is 11.7. The summed E-state index contributed by atoms with van der Waals surface area (Å²) in [6, 6.07) is 0. The Morgan fingerprint density at radius 3 is 2.56 bits per heavy atom. The highest BCUT2D eigenvalue weighted by Crippen LogP contribution is 2.18. The number of likely N-dealkylation sites (N-methyl/N-ethyl adjacent to an activating group) is 1. The van der Waals surface area contributed by atoms with Crippen molar-refractivity contribution in [3.63, 3.8) is 0 Å². The molecule has 4 heteroatoms. The van der Waals surface area contributed by atoms with Crippen LogP contribution in [0.25, 0.3) is 0 Å². The van der Waals surface area contributed by atoms with Crippen LogP contribution >= 0.6 is 11.8 Å². The van der Waals surface area contributed by atoms with E-state index in [0.717, 1.165) is 11.5 Å². The van der Waals surface area contributed by atoms with Crippen LogP contribution in [0.5, 0.6) is 0 Å². The summed E-state index contributed by atoms with van der Waals surface area (Å²) in [7, 11) is 1.81. The van der Waals surface area contributed by atoms with Crippen LogP contribution < -0.4 is 5.32 Å². The molecule has 1 N–H and O–H groups in total. The Bertz CT molecular complexity index is 211. The number of nitrogens with one attached hydrogen (secondary N) is 1. The maximum Gasteiger partial charge on any atom is 0.326 e. The summed E-state index contributed by atoms with van der Waals surface area (Å²) in [6.45, 7) is 8.59. The van der Waals surface area contributed by atoms with E-state index in [1.165, 1.54) is 6.42 Å². The van der Waals surface area contributed by atoms with E-state index in [2.05, 4.69) is 19.2 Å². The van der Waals surface area contributed by atoms with Crippen molar-refractivity contribution in [1.29, 1.82) is 0 Å².